The molecule has 0 bridgehead atoms. The highest BCUT2D eigenvalue weighted by atomic mass is 15.3. The van der Waals surface area contributed by atoms with Gasteiger partial charge in [-0.3, -0.25) is 4.90 Å². The first-order valence-electron chi connectivity index (χ1n) is 4.09. The van der Waals surface area contributed by atoms with E-state index >= 15 is 0 Å². The Kier molecular flexibility index (Phi) is 1.19. The molecule has 10 heavy (non-hydrogen) atoms. The third-order valence-corrected chi connectivity index (χ3v) is 2.92. The highest BCUT2D eigenvalue weighted by molar-refractivity contribution is 5.21. The minimum absolute atomic E-state index is 0.795. The van der Waals surface area contributed by atoms with E-state index in [1.807, 2.05) is 0 Å². The smallest absolute Gasteiger partial charge is 0.0315 e. The first-order valence-corrected chi connectivity index (χ1v) is 4.09. The fourth-order valence-electron chi connectivity index (χ4n) is 2.36. The van der Waals surface area contributed by atoms with E-state index in [1.165, 1.54) is 6.42 Å². The highest BCUT2D eigenvalue weighted by Crippen LogP contribution is 2.41. The van der Waals surface area contributed by atoms with Gasteiger partial charge in [0.1, 0.15) is 0 Å². The molecule has 1 nitrogen and oxygen atoms in total. The third-order valence-electron chi connectivity index (χ3n) is 2.92. The first kappa shape index (κ1) is 6.41. The van der Waals surface area contributed by atoms with Crippen LogP contribution in [0.3, 0.4) is 0 Å². The van der Waals surface area contributed by atoms with Crippen LogP contribution in [0.15, 0.2) is 11.6 Å². The van der Waals surface area contributed by atoms with E-state index in [4.69, 9.17) is 0 Å². The number of hydrogen-bond donors (Lipinski definition) is 0. The molecule has 0 amide bonds. The molecule has 1 aliphatic heterocycles. The molecule has 1 heterocycles. The first-order chi connectivity index (χ1) is 4.70. The van der Waals surface area contributed by atoms with Crippen LogP contribution in [-0.4, -0.2) is 24.0 Å². The van der Waals surface area contributed by atoms with Crippen LogP contribution in [0.2, 0.25) is 0 Å². The SMILES string of the molecule is CC1=CC(C)C2C(C1)N2C. The molecule has 2 aliphatic rings. The molecule has 0 saturated carbocycles. The van der Waals surface area contributed by atoms with Crippen LogP contribution in [0.1, 0.15) is 20.3 Å². The number of rotatable bonds is 0. The largest absolute Gasteiger partial charge is 0.296 e. The van der Waals surface area contributed by atoms with Crippen molar-refractivity contribution in [3.8, 4) is 0 Å². The maximum Gasteiger partial charge on any atom is 0.0315 e. The van der Waals surface area contributed by atoms with Crippen LogP contribution >= 0.6 is 0 Å². The van der Waals surface area contributed by atoms with Gasteiger partial charge in [0.25, 0.3) is 0 Å². The predicted octanol–water partition coefficient (Wildman–Crippen LogP) is 1.66. The summed E-state index contributed by atoms with van der Waals surface area (Å²) in [5, 5.41) is 0. The number of hydrogen-bond acceptors (Lipinski definition) is 1. The summed E-state index contributed by atoms with van der Waals surface area (Å²) in [7, 11) is 2.23. The molecule has 56 valence electrons. The van der Waals surface area contributed by atoms with Crippen LogP contribution in [0.25, 0.3) is 0 Å². The fourth-order valence-corrected chi connectivity index (χ4v) is 2.36. The van der Waals surface area contributed by atoms with Gasteiger partial charge in [-0.15, -0.1) is 0 Å². The molecule has 0 N–H and O–H groups in total. The van der Waals surface area contributed by atoms with Gasteiger partial charge in [0, 0.05) is 12.1 Å². The summed E-state index contributed by atoms with van der Waals surface area (Å²) in [6.45, 7) is 4.57. The second kappa shape index (κ2) is 1.85. The molecule has 4 atom stereocenters. The summed E-state index contributed by atoms with van der Waals surface area (Å²) >= 11 is 0. The van der Waals surface area contributed by atoms with Crippen molar-refractivity contribution in [2.45, 2.75) is 32.4 Å². The molecule has 0 aromatic carbocycles. The topological polar surface area (TPSA) is 3.01 Å². The van der Waals surface area contributed by atoms with Gasteiger partial charge in [-0.05, 0) is 26.3 Å². The molecule has 0 aromatic heterocycles. The van der Waals surface area contributed by atoms with Gasteiger partial charge < -0.3 is 0 Å². The van der Waals surface area contributed by atoms with E-state index < -0.39 is 0 Å². The highest BCUT2D eigenvalue weighted by Gasteiger charge is 2.48. The van der Waals surface area contributed by atoms with Gasteiger partial charge in [-0.1, -0.05) is 18.6 Å². The quantitative estimate of drug-likeness (QED) is 0.362. The van der Waals surface area contributed by atoms with E-state index in [9.17, 15) is 0 Å². The second-order valence-corrected chi connectivity index (χ2v) is 3.80. The maximum atomic E-state index is 2.48. The van der Waals surface area contributed by atoms with Crippen LogP contribution in [-0.2, 0) is 0 Å². The van der Waals surface area contributed by atoms with Gasteiger partial charge in [0.05, 0.1) is 0 Å². The monoisotopic (exact) mass is 137 g/mol. The number of nitrogens with zero attached hydrogens (tertiary/aromatic N) is 1. The van der Waals surface area contributed by atoms with Crippen molar-refractivity contribution in [2.75, 3.05) is 7.05 Å². The summed E-state index contributed by atoms with van der Waals surface area (Å²) in [5.74, 6) is 0.795. The summed E-state index contributed by atoms with van der Waals surface area (Å²) in [6, 6.07) is 1.77. The van der Waals surface area contributed by atoms with Crippen LogP contribution < -0.4 is 0 Å². The zero-order chi connectivity index (χ0) is 7.30. The second-order valence-electron chi connectivity index (χ2n) is 3.80. The van der Waals surface area contributed by atoms with Crippen molar-refractivity contribution >= 4 is 0 Å². The minimum Gasteiger partial charge on any atom is -0.296 e. The Morgan fingerprint density at radius 3 is 2.90 bits per heavy atom. The standard InChI is InChI=1S/C9H15N/c1-6-4-7(2)9-8(5-6)10(9)3/h4,7-9H,5H2,1-3H3. The summed E-state index contributed by atoms with van der Waals surface area (Å²) < 4.78 is 0. The normalized spacial score (nSPS) is 51.7. The Bertz CT molecular complexity index is 183. The maximum absolute atomic E-state index is 2.48. The van der Waals surface area contributed by atoms with Crippen LogP contribution in [0, 0.1) is 5.92 Å². The fraction of sp³-hybridized carbons (Fsp3) is 0.778. The average molecular weight is 137 g/mol. The Labute approximate surface area is 62.7 Å². The van der Waals surface area contributed by atoms with E-state index in [0.717, 1.165) is 18.0 Å². The zero-order valence-corrected chi connectivity index (χ0v) is 6.96. The Morgan fingerprint density at radius 1 is 1.60 bits per heavy atom. The lowest BCUT2D eigenvalue weighted by Gasteiger charge is -2.11. The molecule has 0 radical (unpaired) electrons. The summed E-state index contributed by atoms with van der Waals surface area (Å²) in [5.41, 5.74) is 1.58. The van der Waals surface area contributed by atoms with Crippen molar-refractivity contribution in [3.05, 3.63) is 11.6 Å². The lowest BCUT2D eigenvalue weighted by atomic mass is 9.93. The number of fused-ring (bicyclic) bond motifs is 1. The van der Waals surface area contributed by atoms with E-state index in [-0.39, 0.29) is 0 Å². The van der Waals surface area contributed by atoms with Crippen molar-refractivity contribution in [1.82, 2.24) is 4.90 Å². The van der Waals surface area contributed by atoms with Crippen LogP contribution in [0.4, 0.5) is 0 Å². The molecule has 1 saturated heterocycles. The Balaban J connectivity index is 2.15. The van der Waals surface area contributed by atoms with Gasteiger partial charge in [-0.25, -0.2) is 0 Å². The Morgan fingerprint density at radius 2 is 2.30 bits per heavy atom. The van der Waals surface area contributed by atoms with Gasteiger partial charge >= 0.3 is 0 Å². The summed E-state index contributed by atoms with van der Waals surface area (Å²) in [4.78, 5) is 2.48. The molecule has 1 aliphatic carbocycles. The van der Waals surface area contributed by atoms with Crippen molar-refractivity contribution < 1.29 is 0 Å². The van der Waals surface area contributed by atoms with Crippen molar-refractivity contribution in [2.24, 2.45) is 5.92 Å². The molecular weight excluding hydrogens is 122 g/mol. The molecule has 0 spiro atoms. The van der Waals surface area contributed by atoms with E-state index in [1.54, 1.807) is 5.57 Å². The van der Waals surface area contributed by atoms with Gasteiger partial charge in [0.15, 0.2) is 0 Å². The van der Waals surface area contributed by atoms with Gasteiger partial charge in [-0.2, -0.15) is 0 Å². The van der Waals surface area contributed by atoms with Crippen molar-refractivity contribution in [1.29, 1.82) is 0 Å². The van der Waals surface area contributed by atoms with Crippen molar-refractivity contribution in [3.63, 3.8) is 0 Å². The molecular formula is C9H15N. The summed E-state index contributed by atoms with van der Waals surface area (Å²) in [6.07, 6.45) is 3.73. The molecule has 1 fully saturated rings. The number of likely N-dealkylation sites (N-methyl/N-ethyl adjacent to an activating group) is 1. The predicted molar refractivity (Wildman–Crippen MR) is 42.9 cm³/mol. The molecule has 2 rings (SSSR count). The minimum atomic E-state index is 0.795. The Hall–Kier alpha value is -0.300. The molecule has 4 unspecified atom stereocenters. The zero-order valence-electron chi connectivity index (χ0n) is 6.96. The average Bonchev–Trinajstić information content (AvgIpc) is 2.42. The lowest BCUT2D eigenvalue weighted by molar-refractivity contribution is 0.539. The molecule has 1 heteroatoms. The third kappa shape index (κ3) is 0.734. The van der Waals surface area contributed by atoms with Crippen LogP contribution in [0.5, 0.6) is 0 Å². The van der Waals surface area contributed by atoms with Gasteiger partial charge in [0.2, 0.25) is 0 Å². The van der Waals surface area contributed by atoms with E-state index in [2.05, 4.69) is 31.9 Å². The lowest BCUT2D eigenvalue weighted by Crippen LogP contribution is -2.10. The van der Waals surface area contributed by atoms with E-state index in [0.29, 0.717) is 0 Å². The molecule has 0 aromatic rings.